The topological polar surface area (TPSA) is 75.0 Å². The lowest BCUT2D eigenvalue weighted by atomic mass is 10.2. The molecule has 3 rings (SSSR count). The molecule has 130 valence electrons. The van der Waals surface area contributed by atoms with Gasteiger partial charge in [0.25, 0.3) is 0 Å². The summed E-state index contributed by atoms with van der Waals surface area (Å²) >= 11 is 7.24. The smallest absolute Gasteiger partial charge is 0.343 e. The van der Waals surface area contributed by atoms with E-state index in [0.29, 0.717) is 21.4 Å². The first kappa shape index (κ1) is 17.2. The number of thiazole rings is 1. The van der Waals surface area contributed by atoms with Gasteiger partial charge >= 0.3 is 5.97 Å². The summed E-state index contributed by atoms with van der Waals surface area (Å²) in [4.78, 5) is 17.7. The Morgan fingerprint density at radius 3 is 2.76 bits per heavy atom. The summed E-state index contributed by atoms with van der Waals surface area (Å²) in [5, 5.41) is 4.79. The SMILES string of the molecule is COC=C(C(=O)OC)c1c(COc2ccc(Cl)cc2)sc2ncnn12. The van der Waals surface area contributed by atoms with Crippen molar-refractivity contribution in [1.82, 2.24) is 14.6 Å². The van der Waals surface area contributed by atoms with Crippen molar-refractivity contribution in [1.29, 1.82) is 0 Å². The van der Waals surface area contributed by atoms with Crippen LogP contribution in [0.25, 0.3) is 10.5 Å². The Morgan fingerprint density at radius 1 is 1.32 bits per heavy atom. The van der Waals surface area contributed by atoms with Crippen molar-refractivity contribution in [2.24, 2.45) is 0 Å². The molecular formula is C16H14ClN3O4S. The molecule has 0 N–H and O–H groups in total. The number of fused-ring (bicyclic) bond motifs is 1. The first-order valence-corrected chi connectivity index (χ1v) is 8.35. The van der Waals surface area contributed by atoms with E-state index in [1.165, 1.54) is 38.1 Å². The number of hydrogen-bond acceptors (Lipinski definition) is 7. The van der Waals surface area contributed by atoms with E-state index >= 15 is 0 Å². The van der Waals surface area contributed by atoms with Crippen molar-refractivity contribution in [2.75, 3.05) is 14.2 Å². The average Bonchev–Trinajstić information content (AvgIpc) is 3.19. The number of methoxy groups -OCH3 is 2. The molecule has 0 amide bonds. The molecule has 0 aliphatic carbocycles. The molecule has 0 spiro atoms. The zero-order valence-electron chi connectivity index (χ0n) is 13.4. The van der Waals surface area contributed by atoms with Crippen LogP contribution in [-0.4, -0.2) is 34.8 Å². The third-order valence-electron chi connectivity index (χ3n) is 3.29. The van der Waals surface area contributed by atoms with Crippen LogP contribution in [0.1, 0.15) is 10.6 Å². The molecule has 0 saturated carbocycles. The second-order valence-corrected chi connectivity index (χ2v) is 6.33. The Hall–Kier alpha value is -2.58. The lowest BCUT2D eigenvalue weighted by Gasteiger charge is -2.09. The van der Waals surface area contributed by atoms with Crippen LogP contribution in [0.15, 0.2) is 36.9 Å². The van der Waals surface area contributed by atoms with E-state index in [0.717, 1.165) is 4.88 Å². The number of nitrogens with zero attached hydrogens (tertiary/aromatic N) is 3. The molecular weight excluding hydrogens is 366 g/mol. The summed E-state index contributed by atoms with van der Waals surface area (Å²) < 4.78 is 17.2. The highest BCUT2D eigenvalue weighted by atomic mass is 35.5. The predicted molar refractivity (Wildman–Crippen MR) is 93.7 cm³/mol. The van der Waals surface area contributed by atoms with Gasteiger partial charge in [-0.25, -0.2) is 14.3 Å². The summed E-state index contributed by atoms with van der Waals surface area (Å²) in [6.07, 6.45) is 2.74. The van der Waals surface area contributed by atoms with Gasteiger partial charge in [-0.1, -0.05) is 22.9 Å². The standard InChI is InChI=1S/C16H14ClN3O4S/c1-22-7-12(15(21)23-2)14-13(25-16-18-9-19-20(14)16)8-24-11-5-3-10(17)4-6-11/h3-7,9H,8H2,1-2H3. The van der Waals surface area contributed by atoms with Crippen molar-refractivity contribution < 1.29 is 19.0 Å². The zero-order valence-corrected chi connectivity index (χ0v) is 15.0. The van der Waals surface area contributed by atoms with Crippen LogP contribution in [0.5, 0.6) is 5.75 Å². The van der Waals surface area contributed by atoms with Crippen molar-refractivity contribution >= 4 is 39.4 Å². The van der Waals surface area contributed by atoms with Crippen LogP contribution >= 0.6 is 22.9 Å². The van der Waals surface area contributed by atoms with Crippen molar-refractivity contribution in [3.63, 3.8) is 0 Å². The molecule has 0 unspecified atom stereocenters. The fraction of sp³-hybridized carbons (Fsp3) is 0.188. The van der Waals surface area contributed by atoms with E-state index in [1.807, 2.05) is 0 Å². The number of carbonyl (C=O) groups is 1. The molecule has 9 heteroatoms. The Labute approximate surface area is 152 Å². The number of rotatable bonds is 6. The van der Waals surface area contributed by atoms with Gasteiger partial charge in [-0.2, -0.15) is 5.10 Å². The van der Waals surface area contributed by atoms with Gasteiger partial charge in [-0.3, -0.25) is 0 Å². The second-order valence-electron chi connectivity index (χ2n) is 4.83. The molecule has 0 atom stereocenters. The molecule has 0 aliphatic rings. The first-order chi connectivity index (χ1) is 12.1. The zero-order chi connectivity index (χ0) is 17.8. The normalized spacial score (nSPS) is 11.6. The lowest BCUT2D eigenvalue weighted by Crippen LogP contribution is -2.10. The number of hydrogen-bond donors (Lipinski definition) is 0. The molecule has 0 bridgehead atoms. The molecule has 7 nitrogen and oxygen atoms in total. The van der Waals surface area contributed by atoms with Gasteiger partial charge in [0, 0.05) is 5.02 Å². The summed E-state index contributed by atoms with van der Waals surface area (Å²) in [7, 11) is 2.76. The van der Waals surface area contributed by atoms with E-state index in [1.54, 1.807) is 28.8 Å². The molecule has 25 heavy (non-hydrogen) atoms. The third-order valence-corrected chi connectivity index (χ3v) is 4.56. The highest BCUT2D eigenvalue weighted by Gasteiger charge is 2.24. The van der Waals surface area contributed by atoms with Crippen LogP contribution in [0.4, 0.5) is 0 Å². The van der Waals surface area contributed by atoms with Gasteiger partial charge in [0.15, 0.2) is 0 Å². The molecule has 0 saturated heterocycles. The van der Waals surface area contributed by atoms with Gasteiger partial charge < -0.3 is 14.2 Å². The van der Waals surface area contributed by atoms with Gasteiger partial charge in [0.1, 0.15) is 30.0 Å². The van der Waals surface area contributed by atoms with Gasteiger partial charge in [-0.05, 0) is 24.3 Å². The maximum absolute atomic E-state index is 12.1. The average molecular weight is 380 g/mol. The van der Waals surface area contributed by atoms with Crippen molar-refractivity contribution in [3.05, 3.63) is 52.4 Å². The van der Waals surface area contributed by atoms with Crippen molar-refractivity contribution in [2.45, 2.75) is 6.61 Å². The summed E-state index contributed by atoms with van der Waals surface area (Å²) in [6, 6.07) is 7.02. The number of aromatic nitrogens is 3. The molecule has 2 heterocycles. The summed E-state index contributed by atoms with van der Waals surface area (Å²) in [5.41, 5.74) is 0.761. The van der Waals surface area contributed by atoms with Crippen molar-refractivity contribution in [3.8, 4) is 5.75 Å². The maximum Gasteiger partial charge on any atom is 0.343 e. The lowest BCUT2D eigenvalue weighted by molar-refractivity contribution is -0.133. The number of halogens is 1. The maximum atomic E-state index is 12.1. The molecule has 3 aromatic rings. The van der Waals surface area contributed by atoms with Gasteiger partial charge in [-0.15, -0.1) is 0 Å². The monoisotopic (exact) mass is 379 g/mol. The van der Waals surface area contributed by atoms with E-state index in [9.17, 15) is 4.79 Å². The molecule has 2 aromatic heterocycles. The fourth-order valence-electron chi connectivity index (χ4n) is 2.20. The predicted octanol–water partition coefficient (Wildman–Crippen LogP) is 3.18. The van der Waals surface area contributed by atoms with Crippen LogP contribution in [-0.2, 0) is 20.9 Å². The quantitative estimate of drug-likeness (QED) is 0.372. The van der Waals surface area contributed by atoms with E-state index in [-0.39, 0.29) is 12.2 Å². The third kappa shape index (κ3) is 3.59. The van der Waals surface area contributed by atoms with E-state index in [2.05, 4.69) is 10.1 Å². The summed E-state index contributed by atoms with van der Waals surface area (Å²) in [5.74, 6) is 0.120. The largest absolute Gasteiger partial charge is 0.503 e. The van der Waals surface area contributed by atoms with Gasteiger partial charge in [0.2, 0.25) is 4.96 Å². The van der Waals surface area contributed by atoms with Crippen LogP contribution < -0.4 is 4.74 Å². The number of benzene rings is 1. The fourth-order valence-corrected chi connectivity index (χ4v) is 3.28. The van der Waals surface area contributed by atoms with Gasteiger partial charge in [0.05, 0.1) is 25.4 Å². The number of carbonyl (C=O) groups excluding carboxylic acids is 1. The minimum absolute atomic E-state index is 0.227. The number of esters is 1. The second kappa shape index (κ2) is 7.54. The molecule has 0 fully saturated rings. The highest BCUT2D eigenvalue weighted by Crippen LogP contribution is 2.29. The van der Waals surface area contributed by atoms with Crippen LogP contribution in [0.2, 0.25) is 5.02 Å². The minimum atomic E-state index is -0.537. The minimum Gasteiger partial charge on any atom is -0.503 e. The molecule has 1 aromatic carbocycles. The highest BCUT2D eigenvalue weighted by molar-refractivity contribution is 7.17. The Bertz CT molecular complexity index is 917. The Morgan fingerprint density at radius 2 is 2.08 bits per heavy atom. The van der Waals surface area contributed by atoms with E-state index < -0.39 is 5.97 Å². The molecule has 0 radical (unpaired) electrons. The molecule has 0 aliphatic heterocycles. The van der Waals surface area contributed by atoms with E-state index in [4.69, 9.17) is 25.8 Å². The Kier molecular flexibility index (Phi) is 5.20. The first-order valence-electron chi connectivity index (χ1n) is 7.15. The summed E-state index contributed by atoms with van der Waals surface area (Å²) in [6.45, 7) is 0.227. The Balaban J connectivity index is 1.97. The van der Waals surface area contributed by atoms with Crippen LogP contribution in [0.3, 0.4) is 0 Å². The number of ether oxygens (including phenoxy) is 3. The van der Waals surface area contributed by atoms with Crippen LogP contribution in [0, 0.1) is 0 Å².